The van der Waals surface area contributed by atoms with Crippen molar-refractivity contribution in [3.05, 3.63) is 41.0 Å². The molecular formula is C28H52Cl2SiZr. The Kier molecular flexibility index (Phi) is 13.9. The second-order valence-electron chi connectivity index (χ2n) is 12.1. The SMILES string of the molecule is CCCCC1=[C]([Zr]([CH3])([CH3])(=[SiH2])[C]2=C(CCCC)C=C(CC(C)C)C2)CC(CC(C)C)=C1.Cl.Cl. The summed E-state index contributed by atoms with van der Waals surface area (Å²) in [5, 5.41) is 0. The maximum Gasteiger partial charge on any atom is -0.147 e. The monoisotopic (exact) mass is 576 g/mol. The minimum absolute atomic E-state index is 0. The third-order valence-electron chi connectivity index (χ3n) is 7.22. The van der Waals surface area contributed by atoms with Crippen LogP contribution in [-0.2, 0) is 17.4 Å². The number of rotatable bonds is 12. The zero-order chi connectivity index (χ0) is 22.6. The summed E-state index contributed by atoms with van der Waals surface area (Å²) in [5.74, 6) is 1.53. The molecule has 0 N–H and O–H groups in total. The van der Waals surface area contributed by atoms with Crippen LogP contribution < -0.4 is 0 Å². The molecule has 0 spiro atoms. The topological polar surface area (TPSA) is 0 Å². The normalized spacial score (nSPS) is 17.1. The molecular weight excluding hydrogens is 527 g/mol. The van der Waals surface area contributed by atoms with Crippen LogP contribution in [0.3, 0.4) is 0 Å². The van der Waals surface area contributed by atoms with E-state index in [2.05, 4.69) is 69.8 Å². The van der Waals surface area contributed by atoms with E-state index in [9.17, 15) is 0 Å². The van der Waals surface area contributed by atoms with Crippen molar-refractivity contribution in [2.75, 3.05) is 0 Å². The van der Waals surface area contributed by atoms with E-state index in [0.29, 0.717) is 0 Å². The largest absolute Gasteiger partial charge is 0.147 e. The van der Waals surface area contributed by atoms with Gasteiger partial charge in [0.15, 0.2) is 0 Å². The molecule has 0 aromatic heterocycles. The minimum atomic E-state index is -3.16. The minimum Gasteiger partial charge on any atom is -0.147 e. The summed E-state index contributed by atoms with van der Waals surface area (Å²) in [6.07, 6.45) is 18.4. The molecule has 0 saturated heterocycles. The molecule has 0 fully saturated rings. The number of hydrogen-bond donors (Lipinski definition) is 0. The first-order chi connectivity index (χ1) is 14.0. The maximum absolute atomic E-state index is 3.16. The van der Waals surface area contributed by atoms with Crippen LogP contribution in [0.2, 0.25) is 9.26 Å². The van der Waals surface area contributed by atoms with Gasteiger partial charge >= 0.3 is 192 Å². The van der Waals surface area contributed by atoms with Gasteiger partial charge in [-0.1, -0.05) is 0 Å². The van der Waals surface area contributed by atoms with E-state index in [1.54, 1.807) is 22.3 Å². The fraction of sp³-hybridized carbons (Fsp3) is 0.714. The van der Waals surface area contributed by atoms with E-state index >= 15 is 0 Å². The van der Waals surface area contributed by atoms with Crippen molar-refractivity contribution in [2.45, 2.75) is 115 Å². The van der Waals surface area contributed by atoms with Crippen molar-refractivity contribution >= 4 is 31.7 Å². The van der Waals surface area contributed by atoms with Crippen molar-refractivity contribution in [3.63, 3.8) is 0 Å². The average Bonchev–Trinajstić information content (AvgIpc) is 3.22. The van der Waals surface area contributed by atoms with Gasteiger partial charge in [0, 0.05) is 0 Å². The predicted molar refractivity (Wildman–Crippen MR) is 152 cm³/mol. The van der Waals surface area contributed by atoms with Gasteiger partial charge in [0.25, 0.3) is 0 Å². The third-order valence-corrected chi connectivity index (χ3v) is 24.2. The van der Waals surface area contributed by atoms with E-state index in [-0.39, 0.29) is 24.8 Å². The molecule has 0 aromatic rings. The van der Waals surface area contributed by atoms with Gasteiger partial charge in [-0.2, -0.15) is 0 Å². The Hall–Kier alpha value is 0.640. The molecule has 2 aliphatic carbocycles. The first-order valence-electron chi connectivity index (χ1n) is 12.9. The van der Waals surface area contributed by atoms with Gasteiger partial charge in [-0.25, -0.2) is 0 Å². The van der Waals surface area contributed by atoms with E-state index in [1.807, 2.05) is 6.56 Å². The zero-order valence-corrected chi connectivity index (χ0v) is 27.9. The molecule has 4 heteroatoms. The third kappa shape index (κ3) is 8.39. The molecule has 0 aromatic carbocycles. The van der Waals surface area contributed by atoms with Gasteiger partial charge in [-0.15, -0.1) is 24.8 Å². The van der Waals surface area contributed by atoms with E-state index in [1.165, 1.54) is 64.2 Å². The molecule has 0 saturated carbocycles. The Labute approximate surface area is 215 Å². The smallest absolute Gasteiger partial charge is 0.147 e. The quantitative estimate of drug-likeness (QED) is 0.202. The summed E-state index contributed by atoms with van der Waals surface area (Å²) in [5.41, 5.74) is 6.98. The van der Waals surface area contributed by atoms with Crippen molar-refractivity contribution in [1.29, 1.82) is 0 Å². The fourth-order valence-corrected chi connectivity index (χ4v) is 20.7. The molecule has 32 heavy (non-hydrogen) atoms. The van der Waals surface area contributed by atoms with Crippen LogP contribution in [-0.4, -0.2) is 6.88 Å². The molecule has 0 bridgehead atoms. The molecule has 0 atom stereocenters. The predicted octanol–water partition coefficient (Wildman–Crippen LogP) is 9.80. The Morgan fingerprint density at radius 2 is 1.09 bits per heavy atom. The van der Waals surface area contributed by atoms with Gasteiger partial charge in [0.05, 0.1) is 0 Å². The van der Waals surface area contributed by atoms with Crippen molar-refractivity contribution < 1.29 is 17.4 Å². The van der Waals surface area contributed by atoms with Crippen LogP contribution in [0.1, 0.15) is 106 Å². The maximum atomic E-state index is 2.78. The Balaban J connectivity index is 0.00000480. The average molecular weight is 579 g/mol. The molecule has 2 rings (SSSR count). The van der Waals surface area contributed by atoms with Crippen LogP contribution in [0.25, 0.3) is 0 Å². The van der Waals surface area contributed by atoms with Gasteiger partial charge < -0.3 is 0 Å². The van der Waals surface area contributed by atoms with Crippen molar-refractivity contribution in [3.8, 4) is 0 Å². The number of halogens is 2. The number of unbranched alkanes of at least 4 members (excludes halogenated alkanes) is 2. The number of hydrogen-bond acceptors (Lipinski definition) is 0. The van der Waals surface area contributed by atoms with Gasteiger partial charge in [-0.05, 0) is 0 Å². The van der Waals surface area contributed by atoms with Crippen LogP contribution in [0.4, 0.5) is 0 Å². The van der Waals surface area contributed by atoms with Crippen molar-refractivity contribution in [2.24, 2.45) is 11.8 Å². The van der Waals surface area contributed by atoms with E-state index in [4.69, 9.17) is 0 Å². The molecule has 0 radical (unpaired) electrons. The Bertz CT molecular complexity index is 756. The summed E-state index contributed by atoms with van der Waals surface area (Å²) >= 11 is -3.16. The molecule has 0 unspecified atom stereocenters. The molecule has 2 aliphatic rings. The van der Waals surface area contributed by atoms with Gasteiger partial charge in [0.2, 0.25) is 0 Å². The van der Waals surface area contributed by atoms with Crippen LogP contribution in [0, 0.1) is 11.8 Å². The Morgan fingerprint density at radius 3 is 1.38 bits per heavy atom. The molecule has 186 valence electrons. The first kappa shape index (κ1) is 32.6. The fourth-order valence-electron chi connectivity index (χ4n) is 5.72. The van der Waals surface area contributed by atoms with Crippen LogP contribution in [0.15, 0.2) is 41.0 Å². The molecule has 0 aliphatic heterocycles. The van der Waals surface area contributed by atoms with Crippen LogP contribution >= 0.6 is 24.8 Å². The second kappa shape index (κ2) is 13.7. The number of allylic oxidation sites excluding steroid dienone is 8. The summed E-state index contributed by atoms with van der Waals surface area (Å²) < 4.78 is 9.45. The van der Waals surface area contributed by atoms with Crippen LogP contribution in [0.5, 0.6) is 0 Å². The molecule has 0 heterocycles. The summed E-state index contributed by atoms with van der Waals surface area (Å²) in [4.78, 5) is 0. The summed E-state index contributed by atoms with van der Waals surface area (Å²) in [6, 6.07) is 0. The summed E-state index contributed by atoms with van der Waals surface area (Å²) in [6.45, 7) is 16.7. The van der Waals surface area contributed by atoms with Gasteiger partial charge in [-0.3, -0.25) is 0 Å². The first-order valence-corrected chi connectivity index (χ1v) is 26.2. The molecule has 0 nitrogen and oxygen atoms in total. The van der Waals surface area contributed by atoms with Crippen molar-refractivity contribution in [1.82, 2.24) is 0 Å². The molecule has 0 amide bonds. The zero-order valence-electron chi connectivity index (χ0n) is 22.4. The summed E-state index contributed by atoms with van der Waals surface area (Å²) in [7, 11) is 0. The second-order valence-corrected chi connectivity index (χ2v) is 40.8. The van der Waals surface area contributed by atoms with E-state index in [0.717, 1.165) is 11.8 Å². The van der Waals surface area contributed by atoms with E-state index < -0.39 is 17.4 Å². The Morgan fingerprint density at radius 1 is 0.750 bits per heavy atom. The van der Waals surface area contributed by atoms with Gasteiger partial charge in [0.1, 0.15) is 0 Å². The standard InChI is InChI=1S/2C13H21.2CH3.2ClH.H2Si.Zr/c2*1-4-5-6-12-7-8-13(10-12)9-11(2)3;;;;;;/h2*10-11H,4-6,8-9H2,1-3H3;2*1H3;2*1H;1H2;.